The molecule has 0 aliphatic carbocycles. The molecule has 0 bridgehead atoms. The van der Waals surface area contributed by atoms with Gasteiger partial charge in [0.15, 0.2) is 5.75 Å². The molecule has 1 aliphatic heterocycles. The highest BCUT2D eigenvalue weighted by molar-refractivity contribution is 9.11. The summed E-state index contributed by atoms with van der Waals surface area (Å²) in [7, 11) is 0. The summed E-state index contributed by atoms with van der Waals surface area (Å²) in [5.41, 5.74) is 7.88. The Labute approximate surface area is 170 Å². The maximum Gasteiger partial charge on any atom is 0.151 e. The minimum absolute atomic E-state index is 0. The average Bonchev–Trinajstić information content (AvgIpc) is 2.58. The summed E-state index contributed by atoms with van der Waals surface area (Å²) >= 11 is 6.85. The molecule has 0 unspecified atom stereocenters. The van der Waals surface area contributed by atoms with Crippen LogP contribution in [-0.2, 0) is 11.3 Å². The zero-order chi connectivity index (χ0) is 16.9. The SMILES string of the molecule is Cl.Nc1c(Br)cc(Br)cc1OC=C1CN(Cc2ccccc2)CCO1. The molecule has 1 saturated heterocycles. The predicted molar refractivity (Wildman–Crippen MR) is 110 cm³/mol. The second-order valence-electron chi connectivity index (χ2n) is 5.55. The molecule has 2 aromatic carbocycles. The van der Waals surface area contributed by atoms with Gasteiger partial charge in [-0.05, 0) is 33.6 Å². The van der Waals surface area contributed by atoms with Gasteiger partial charge in [-0.1, -0.05) is 46.3 Å². The maximum atomic E-state index is 6.02. The second kappa shape index (κ2) is 9.48. The quantitative estimate of drug-likeness (QED) is 0.486. The number of halogens is 3. The number of nitrogens with two attached hydrogens (primary N) is 1. The van der Waals surface area contributed by atoms with Crippen molar-refractivity contribution >= 4 is 50.0 Å². The lowest BCUT2D eigenvalue weighted by molar-refractivity contribution is 0.0843. The van der Waals surface area contributed by atoms with Crippen LogP contribution in [0.2, 0.25) is 0 Å². The fourth-order valence-corrected chi connectivity index (χ4v) is 3.67. The van der Waals surface area contributed by atoms with Crippen molar-refractivity contribution in [2.24, 2.45) is 0 Å². The van der Waals surface area contributed by atoms with Gasteiger partial charge in [-0.15, -0.1) is 12.4 Å². The molecule has 0 aromatic heterocycles. The Morgan fingerprint density at radius 3 is 2.72 bits per heavy atom. The van der Waals surface area contributed by atoms with Crippen molar-refractivity contribution in [3.63, 3.8) is 0 Å². The van der Waals surface area contributed by atoms with Crippen molar-refractivity contribution in [1.82, 2.24) is 4.90 Å². The third kappa shape index (κ3) is 5.64. The highest BCUT2D eigenvalue weighted by Crippen LogP contribution is 2.34. The van der Waals surface area contributed by atoms with E-state index in [1.54, 1.807) is 6.26 Å². The summed E-state index contributed by atoms with van der Waals surface area (Å²) in [5.74, 6) is 1.39. The van der Waals surface area contributed by atoms with E-state index >= 15 is 0 Å². The van der Waals surface area contributed by atoms with E-state index in [1.807, 2.05) is 18.2 Å². The smallest absolute Gasteiger partial charge is 0.151 e. The van der Waals surface area contributed by atoms with Crippen LogP contribution in [0.1, 0.15) is 5.56 Å². The van der Waals surface area contributed by atoms with E-state index in [9.17, 15) is 0 Å². The monoisotopic (exact) mass is 488 g/mol. The van der Waals surface area contributed by atoms with Gasteiger partial charge in [0.05, 0.1) is 12.2 Å². The Morgan fingerprint density at radius 2 is 1.96 bits per heavy atom. The van der Waals surface area contributed by atoms with Gasteiger partial charge in [0.1, 0.15) is 18.6 Å². The Balaban J connectivity index is 0.00000225. The molecule has 134 valence electrons. The molecule has 1 heterocycles. The van der Waals surface area contributed by atoms with Gasteiger partial charge < -0.3 is 15.2 Å². The van der Waals surface area contributed by atoms with Crippen LogP contribution >= 0.6 is 44.3 Å². The van der Waals surface area contributed by atoms with Crippen molar-refractivity contribution in [2.75, 3.05) is 25.4 Å². The van der Waals surface area contributed by atoms with Crippen LogP contribution in [0.3, 0.4) is 0 Å². The molecule has 0 radical (unpaired) electrons. The lowest BCUT2D eigenvalue weighted by Crippen LogP contribution is -2.34. The van der Waals surface area contributed by atoms with E-state index < -0.39 is 0 Å². The number of rotatable bonds is 4. The van der Waals surface area contributed by atoms with Gasteiger partial charge in [-0.2, -0.15) is 0 Å². The summed E-state index contributed by atoms with van der Waals surface area (Å²) in [6.07, 6.45) is 1.64. The second-order valence-corrected chi connectivity index (χ2v) is 7.32. The lowest BCUT2D eigenvalue weighted by atomic mass is 10.2. The highest BCUT2D eigenvalue weighted by Gasteiger charge is 2.16. The topological polar surface area (TPSA) is 47.7 Å². The van der Waals surface area contributed by atoms with E-state index in [2.05, 4.69) is 61.0 Å². The van der Waals surface area contributed by atoms with E-state index in [4.69, 9.17) is 15.2 Å². The van der Waals surface area contributed by atoms with Crippen molar-refractivity contribution in [1.29, 1.82) is 0 Å². The van der Waals surface area contributed by atoms with Crippen molar-refractivity contribution in [3.05, 3.63) is 69.0 Å². The van der Waals surface area contributed by atoms with Crippen LogP contribution in [-0.4, -0.2) is 24.6 Å². The predicted octanol–water partition coefficient (Wildman–Crippen LogP) is 4.97. The van der Waals surface area contributed by atoms with Crippen LogP contribution < -0.4 is 10.5 Å². The molecule has 1 aliphatic rings. The van der Waals surface area contributed by atoms with Gasteiger partial charge in [-0.3, -0.25) is 4.90 Å². The molecular formula is C18H19Br2ClN2O2. The van der Waals surface area contributed by atoms with Gasteiger partial charge in [-0.25, -0.2) is 0 Å². The number of morpholine rings is 1. The van der Waals surface area contributed by atoms with Crippen LogP contribution in [0.4, 0.5) is 5.69 Å². The summed E-state index contributed by atoms with van der Waals surface area (Å²) < 4.78 is 13.1. The van der Waals surface area contributed by atoms with E-state index in [-0.39, 0.29) is 12.4 Å². The molecule has 0 saturated carbocycles. The zero-order valence-electron chi connectivity index (χ0n) is 13.5. The van der Waals surface area contributed by atoms with Crippen molar-refractivity contribution in [2.45, 2.75) is 6.54 Å². The van der Waals surface area contributed by atoms with Crippen LogP contribution in [0.15, 0.2) is 63.4 Å². The maximum absolute atomic E-state index is 6.02. The summed E-state index contributed by atoms with van der Waals surface area (Å²) in [6.45, 7) is 3.16. The molecule has 2 N–H and O–H groups in total. The first kappa shape index (κ1) is 20.1. The Hall–Kier alpha value is -1.21. The standard InChI is InChI=1S/C18H18Br2N2O2.ClH/c19-14-8-16(20)18(21)17(9-14)24-12-15-11-22(6-7-23-15)10-13-4-2-1-3-5-13;/h1-5,8-9,12H,6-7,10-11,21H2;1H. The molecule has 2 aromatic rings. The number of hydrogen-bond acceptors (Lipinski definition) is 4. The Bertz CT molecular complexity index is 741. The molecule has 7 heteroatoms. The third-order valence-corrected chi connectivity index (χ3v) is 4.81. The number of benzene rings is 2. The van der Waals surface area contributed by atoms with E-state index in [1.165, 1.54) is 5.56 Å². The minimum Gasteiger partial charge on any atom is -0.492 e. The Kier molecular flexibility index (Phi) is 7.62. The molecule has 0 spiro atoms. The zero-order valence-corrected chi connectivity index (χ0v) is 17.4. The number of nitrogens with zero attached hydrogens (tertiary/aromatic N) is 1. The minimum atomic E-state index is 0. The first-order chi connectivity index (χ1) is 11.6. The fourth-order valence-electron chi connectivity index (χ4n) is 2.49. The summed E-state index contributed by atoms with van der Waals surface area (Å²) in [5, 5.41) is 0. The van der Waals surface area contributed by atoms with E-state index in [0.29, 0.717) is 24.6 Å². The van der Waals surface area contributed by atoms with Crippen molar-refractivity contribution < 1.29 is 9.47 Å². The van der Waals surface area contributed by atoms with E-state index in [0.717, 1.165) is 27.8 Å². The first-order valence-electron chi connectivity index (χ1n) is 7.61. The summed E-state index contributed by atoms with van der Waals surface area (Å²) in [4.78, 5) is 2.33. The molecule has 3 rings (SSSR count). The summed E-state index contributed by atoms with van der Waals surface area (Å²) in [6, 6.07) is 14.1. The largest absolute Gasteiger partial charge is 0.492 e. The van der Waals surface area contributed by atoms with Gasteiger partial charge in [0.2, 0.25) is 0 Å². The van der Waals surface area contributed by atoms with Gasteiger partial charge in [0, 0.05) is 22.0 Å². The van der Waals surface area contributed by atoms with Crippen LogP contribution in [0, 0.1) is 0 Å². The average molecular weight is 491 g/mol. The van der Waals surface area contributed by atoms with Crippen LogP contribution in [0.25, 0.3) is 0 Å². The number of ether oxygens (including phenoxy) is 2. The number of anilines is 1. The highest BCUT2D eigenvalue weighted by atomic mass is 79.9. The molecule has 4 nitrogen and oxygen atoms in total. The number of hydrogen-bond donors (Lipinski definition) is 1. The van der Waals surface area contributed by atoms with Gasteiger partial charge in [0.25, 0.3) is 0 Å². The molecule has 0 amide bonds. The van der Waals surface area contributed by atoms with Gasteiger partial charge >= 0.3 is 0 Å². The first-order valence-corrected chi connectivity index (χ1v) is 9.20. The number of nitrogen functional groups attached to an aromatic ring is 1. The molecule has 0 atom stereocenters. The Morgan fingerprint density at radius 1 is 1.20 bits per heavy atom. The molecular weight excluding hydrogens is 471 g/mol. The third-order valence-electron chi connectivity index (χ3n) is 3.70. The van der Waals surface area contributed by atoms with Crippen LogP contribution in [0.5, 0.6) is 5.75 Å². The van der Waals surface area contributed by atoms with Crippen molar-refractivity contribution in [3.8, 4) is 5.75 Å². The fraction of sp³-hybridized carbons (Fsp3) is 0.222. The molecule has 25 heavy (non-hydrogen) atoms. The lowest BCUT2D eigenvalue weighted by Gasteiger charge is -2.28. The normalized spacial score (nSPS) is 16.2. The molecule has 1 fully saturated rings.